The normalized spacial score (nSPS) is 8.88. The first-order valence-corrected chi connectivity index (χ1v) is 4.69. The number of hydrogen-bond acceptors (Lipinski definition) is 2. The molecule has 0 spiro atoms. The van der Waals surface area contributed by atoms with Crippen molar-refractivity contribution in [2.24, 2.45) is 0 Å². The van der Waals surface area contributed by atoms with Crippen LogP contribution in [-0.4, -0.2) is 17.0 Å². The molecule has 1 aromatic carbocycles. The van der Waals surface area contributed by atoms with E-state index in [1.807, 2.05) is 0 Å². The second kappa shape index (κ2) is 5.19. The highest BCUT2D eigenvalue weighted by molar-refractivity contribution is 6.31. The first-order chi connectivity index (χ1) is 7.54. The molecule has 0 bridgehead atoms. The number of rotatable bonds is 2. The van der Waals surface area contributed by atoms with Crippen molar-refractivity contribution >= 4 is 29.2 Å². The molecular formula is C11H8ClNO3. The summed E-state index contributed by atoms with van der Waals surface area (Å²) in [6, 6.07) is 4.12. The zero-order chi connectivity index (χ0) is 12.1. The molecule has 0 saturated heterocycles. The van der Waals surface area contributed by atoms with Crippen molar-refractivity contribution in [3.63, 3.8) is 0 Å². The minimum Gasteiger partial charge on any atom is -0.478 e. The van der Waals surface area contributed by atoms with Crippen molar-refractivity contribution in [2.75, 3.05) is 5.32 Å². The van der Waals surface area contributed by atoms with Gasteiger partial charge in [-0.25, -0.2) is 4.79 Å². The van der Waals surface area contributed by atoms with Gasteiger partial charge in [0.1, 0.15) is 0 Å². The predicted octanol–water partition coefficient (Wildman–Crippen LogP) is 2.00. The summed E-state index contributed by atoms with van der Waals surface area (Å²) < 4.78 is 0. The third kappa shape index (κ3) is 3.01. The number of carboxylic acid groups (broad SMARTS) is 1. The van der Waals surface area contributed by atoms with Gasteiger partial charge in [-0.15, -0.1) is 0 Å². The van der Waals surface area contributed by atoms with E-state index in [1.165, 1.54) is 25.1 Å². The van der Waals surface area contributed by atoms with Crippen molar-refractivity contribution in [3.8, 4) is 11.8 Å². The predicted molar refractivity (Wildman–Crippen MR) is 60.5 cm³/mol. The van der Waals surface area contributed by atoms with Gasteiger partial charge in [-0.1, -0.05) is 17.5 Å². The average molecular weight is 238 g/mol. The molecule has 0 unspecified atom stereocenters. The van der Waals surface area contributed by atoms with Gasteiger partial charge >= 0.3 is 5.97 Å². The lowest BCUT2D eigenvalue weighted by molar-refractivity contribution is -0.111. The van der Waals surface area contributed by atoms with Crippen LogP contribution in [0.5, 0.6) is 0 Å². The van der Waals surface area contributed by atoms with Gasteiger partial charge in [-0.2, -0.15) is 0 Å². The van der Waals surface area contributed by atoms with Gasteiger partial charge in [0, 0.05) is 5.02 Å². The van der Waals surface area contributed by atoms with E-state index in [0.717, 1.165) is 0 Å². The number of carboxylic acids is 1. The number of hydrogen-bond donors (Lipinski definition) is 2. The standard InChI is InChI=1S/C11H8ClNO3/c1-2-3-10(14)13-9-6-7(12)4-5-8(9)11(15)16/h4-6H,1H3,(H,13,14)(H,15,16). The van der Waals surface area contributed by atoms with E-state index in [4.69, 9.17) is 16.7 Å². The maximum absolute atomic E-state index is 11.2. The number of carbonyl (C=O) groups is 2. The first kappa shape index (κ1) is 12.1. The highest BCUT2D eigenvalue weighted by Gasteiger charge is 2.11. The van der Waals surface area contributed by atoms with Gasteiger partial charge in [0.05, 0.1) is 11.3 Å². The molecule has 1 aromatic rings. The lowest BCUT2D eigenvalue weighted by atomic mass is 10.2. The Morgan fingerprint density at radius 1 is 1.44 bits per heavy atom. The molecule has 2 N–H and O–H groups in total. The Hall–Kier alpha value is -1.99. The minimum absolute atomic E-state index is 0.0318. The third-order valence-electron chi connectivity index (χ3n) is 1.70. The number of nitrogens with one attached hydrogen (secondary N) is 1. The number of aromatic carboxylic acids is 1. The lowest BCUT2D eigenvalue weighted by Gasteiger charge is -2.05. The van der Waals surface area contributed by atoms with Crippen molar-refractivity contribution in [1.82, 2.24) is 0 Å². The quantitative estimate of drug-likeness (QED) is 0.773. The molecule has 1 amide bonds. The summed E-state index contributed by atoms with van der Waals surface area (Å²) in [6.45, 7) is 1.51. The van der Waals surface area contributed by atoms with Crippen LogP contribution in [0.3, 0.4) is 0 Å². The van der Waals surface area contributed by atoms with E-state index in [2.05, 4.69) is 17.2 Å². The molecule has 0 heterocycles. The number of anilines is 1. The molecule has 82 valence electrons. The van der Waals surface area contributed by atoms with Crippen molar-refractivity contribution in [2.45, 2.75) is 6.92 Å². The van der Waals surface area contributed by atoms with Gasteiger partial charge in [0.15, 0.2) is 0 Å². The fourth-order valence-corrected chi connectivity index (χ4v) is 1.25. The highest BCUT2D eigenvalue weighted by atomic mass is 35.5. The van der Waals surface area contributed by atoms with Crippen LogP contribution in [0.1, 0.15) is 17.3 Å². The summed E-state index contributed by atoms with van der Waals surface area (Å²) in [4.78, 5) is 22.0. The molecule has 0 atom stereocenters. The fraction of sp³-hybridized carbons (Fsp3) is 0.0909. The molecule has 0 radical (unpaired) electrons. The largest absolute Gasteiger partial charge is 0.478 e. The van der Waals surface area contributed by atoms with Crippen LogP contribution in [0.15, 0.2) is 18.2 Å². The number of halogens is 1. The number of amides is 1. The Labute approximate surface area is 97.2 Å². The van der Waals surface area contributed by atoms with Crippen LogP contribution in [0.25, 0.3) is 0 Å². The molecule has 0 aliphatic heterocycles. The van der Waals surface area contributed by atoms with Crippen molar-refractivity contribution in [1.29, 1.82) is 0 Å². The van der Waals surface area contributed by atoms with Gasteiger partial charge in [-0.05, 0) is 31.0 Å². The van der Waals surface area contributed by atoms with Gasteiger partial charge in [0.2, 0.25) is 0 Å². The van der Waals surface area contributed by atoms with Crippen LogP contribution in [0.4, 0.5) is 5.69 Å². The second-order valence-electron chi connectivity index (χ2n) is 2.82. The molecule has 4 nitrogen and oxygen atoms in total. The monoisotopic (exact) mass is 237 g/mol. The molecule has 5 heteroatoms. The number of benzene rings is 1. The van der Waals surface area contributed by atoms with E-state index in [0.29, 0.717) is 5.02 Å². The Morgan fingerprint density at radius 3 is 2.69 bits per heavy atom. The van der Waals surface area contributed by atoms with Gasteiger partial charge in [0.25, 0.3) is 5.91 Å². The van der Waals surface area contributed by atoms with E-state index in [9.17, 15) is 9.59 Å². The zero-order valence-corrected chi connectivity index (χ0v) is 9.13. The summed E-state index contributed by atoms with van der Waals surface area (Å²) in [5.74, 6) is 2.93. The highest BCUT2D eigenvalue weighted by Crippen LogP contribution is 2.20. The van der Waals surface area contributed by atoms with Gasteiger partial charge < -0.3 is 10.4 Å². The Morgan fingerprint density at radius 2 is 2.12 bits per heavy atom. The third-order valence-corrected chi connectivity index (χ3v) is 1.93. The van der Waals surface area contributed by atoms with Crippen LogP contribution in [-0.2, 0) is 4.79 Å². The summed E-state index contributed by atoms with van der Waals surface area (Å²) in [5.41, 5.74) is 0.100. The maximum Gasteiger partial charge on any atom is 0.337 e. The van der Waals surface area contributed by atoms with E-state index in [1.54, 1.807) is 0 Å². The van der Waals surface area contributed by atoms with E-state index in [-0.39, 0.29) is 11.3 Å². The Kier molecular flexibility index (Phi) is 3.92. The Balaban J connectivity index is 3.09. The molecule has 0 aromatic heterocycles. The number of carbonyl (C=O) groups excluding carboxylic acids is 1. The topological polar surface area (TPSA) is 66.4 Å². The Bertz CT molecular complexity index is 500. The van der Waals surface area contributed by atoms with Crippen LogP contribution in [0.2, 0.25) is 5.02 Å². The molecule has 1 rings (SSSR count). The van der Waals surface area contributed by atoms with Crippen molar-refractivity contribution in [3.05, 3.63) is 28.8 Å². The second-order valence-corrected chi connectivity index (χ2v) is 3.26. The summed E-state index contributed by atoms with van der Waals surface area (Å²) in [6.07, 6.45) is 0. The molecule has 16 heavy (non-hydrogen) atoms. The summed E-state index contributed by atoms with van der Waals surface area (Å²) >= 11 is 5.70. The lowest BCUT2D eigenvalue weighted by Crippen LogP contribution is -2.12. The summed E-state index contributed by atoms with van der Waals surface area (Å²) in [5, 5.41) is 11.6. The molecule has 0 aliphatic carbocycles. The molecular weight excluding hydrogens is 230 g/mol. The fourth-order valence-electron chi connectivity index (χ4n) is 1.07. The molecule has 0 aliphatic rings. The molecule has 0 saturated carbocycles. The minimum atomic E-state index is -1.14. The van der Waals surface area contributed by atoms with Crippen molar-refractivity contribution < 1.29 is 14.7 Å². The average Bonchev–Trinajstić information content (AvgIpc) is 2.17. The van der Waals surface area contributed by atoms with E-state index >= 15 is 0 Å². The smallest absolute Gasteiger partial charge is 0.337 e. The van der Waals surface area contributed by atoms with Crippen LogP contribution < -0.4 is 5.32 Å². The SMILES string of the molecule is CC#CC(=O)Nc1cc(Cl)ccc1C(=O)O. The van der Waals surface area contributed by atoms with E-state index < -0.39 is 11.9 Å². The first-order valence-electron chi connectivity index (χ1n) is 4.31. The summed E-state index contributed by atoms with van der Waals surface area (Å²) in [7, 11) is 0. The molecule has 0 fully saturated rings. The maximum atomic E-state index is 11.2. The van der Waals surface area contributed by atoms with Crippen LogP contribution >= 0.6 is 11.6 Å². The van der Waals surface area contributed by atoms with Gasteiger partial charge in [-0.3, -0.25) is 4.79 Å². The zero-order valence-electron chi connectivity index (χ0n) is 8.37. The van der Waals surface area contributed by atoms with Crippen LogP contribution in [0, 0.1) is 11.8 Å².